The zero-order valence-corrected chi connectivity index (χ0v) is 11.2. The van der Waals surface area contributed by atoms with E-state index in [4.69, 9.17) is 5.26 Å². The zero-order chi connectivity index (χ0) is 13.8. The van der Waals surface area contributed by atoms with Gasteiger partial charge in [-0.3, -0.25) is 0 Å². The summed E-state index contributed by atoms with van der Waals surface area (Å²) in [6.45, 7) is 2.76. The average Bonchev–Trinajstić information content (AvgIpc) is 2.56. The van der Waals surface area contributed by atoms with Crippen LogP contribution in [-0.4, -0.2) is 24.6 Å². The number of hydrogen-bond acceptors (Lipinski definition) is 4. The van der Waals surface area contributed by atoms with Crippen LogP contribution in [0.3, 0.4) is 0 Å². The van der Waals surface area contributed by atoms with Gasteiger partial charge in [0.2, 0.25) is 0 Å². The van der Waals surface area contributed by atoms with Crippen LogP contribution >= 0.6 is 0 Å². The minimum absolute atomic E-state index is 0.322. The summed E-state index contributed by atoms with van der Waals surface area (Å²) in [6, 6.07) is 16.6. The number of anilines is 1. The Hall–Kier alpha value is -2.38. The topological polar surface area (TPSA) is 52.0 Å². The monoisotopic (exact) mass is 264 g/mol. The molecule has 1 aliphatic heterocycles. The van der Waals surface area contributed by atoms with E-state index in [-0.39, 0.29) is 0 Å². The molecule has 1 aliphatic rings. The highest BCUT2D eigenvalue weighted by molar-refractivity contribution is 5.43. The molecule has 4 nitrogen and oxygen atoms in total. The summed E-state index contributed by atoms with van der Waals surface area (Å²) in [6.07, 6.45) is 1.63. The van der Waals surface area contributed by atoms with Gasteiger partial charge < -0.3 is 10.2 Å². The smallest absolute Gasteiger partial charge is 0.128 e. The Kier molecular flexibility index (Phi) is 3.62. The van der Waals surface area contributed by atoms with Crippen molar-refractivity contribution in [3.8, 4) is 6.07 Å². The summed E-state index contributed by atoms with van der Waals surface area (Å²) in [5, 5.41) is 12.4. The van der Waals surface area contributed by atoms with Crippen molar-refractivity contribution < 1.29 is 0 Å². The zero-order valence-electron chi connectivity index (χ0n) is 11.2. The van der Waals surface area contributed by atoms with Crippen LogP contribution in [0, 0.1) is 11.3 Å². The van der Waals surface area contributed by atoms with Crippen LogP contribution in [0.4, 0.5) is 5.82 Å². The van der Waals surface area contributed by atoms with Crippen molar-refractivity contribution in [1.29, 1.82) is 5.26 Å². The number of rotatable bonds is 2. The summed E-state index contributed by atoms with van der Waals surface area (Å²) >= 11 is 0. The SMILES string of the molecule is N#Cc1ccc(N2CCNC(c3ccccc3)C2)nc1. The fraction of sp³-hybridized carbons (Fsp3) is 0.250. The summed E-state index contributed by atoms with van der Waals surface area (Å²) in [5.41, 5.74) is 1.90. The lowest BCUT2D eigenvalue weighted by Gasteiger charge is -2.34. The molecule has 20 heavy (non-hydrogen) atoms. The van der Waals surface area contributed by atoms with Gasteiger partial charge in [-0.2, -0.15) is 5.26 Å². The summed E-state index contributed by atoms with van der Waals surface area (Å²) < 4.78 is 0. The Bertz CT molecular complexity index is 601. The minimum atomic E-state index is 0.322. The molecule has 0 radical (unpaired) electrons. The maximum absolute atomic E-state index is 8.82. The molecule has 1 aromatic heterocycles. The first-order valence-electron chi connectivity index (χ1n) is 6.76. The normalized spacial score (nSPS) is 18.6. The average molecular weight is 264 g/mol. The van der Waals surface area contributed by atoms with Crippen molar-refractivity contribution in [2.24, 2.45) is 0 Å². The van der Waals surface area contributed by atoms with Crippen LogP contribution < -0.4 is 10.2 Å². The third-order valence-electron chi connectivity index (χ3n) is 3.58. The van der Waals surface area contributed by atoms with Crippen molar-refractivity contribution >= 4 is 5.82 Å². The highest BCUT2D eigenvalue weighted by atomic mass is 15.2. The number of nitriles is 1. The molecule has 0 amide bonds. The summed E-state index contributed by atoms with van der Waals surface area (Å²) in [7, 11) is 0. The lowest BCUT2D eigenvalue weighted by Crippen LogP contribution is -2.46. The molecule has 4 heteroatoms. The molecule has 0 aliphatic carbocycles. The van der Waals surface area contributed by atoms with Gasteiger partial charge in [0.05, 0.1) is 5.56 Å². The lowest BCUT2D eigenvalue weighted by molar-refractivity contribution is 0.469. The minimum Gasteiger partial charge on any atom is -0.353 e. The first kappa shape index (κ1) is 12.6. The Morgan fingerprint density at radius 2 is 2.05 bits per heavy atom. The second-order valence-corrected chi connectivity index (χ2v) is 4.88. The van der Waals surface area contributed by atoms with E-state index < -0.39 is 0 Å². The maximum Gasteiger partial charge on any atom is 0.128 e. The van der Waals surface area contributed by atoms with Crippen LogP contribution in [0.5, 0.6) is 0 Å². The van der Waals surface area contributed by atoms with Gasteiger partial charge in [-0.05, 0) is 17.7 Å². The molecule has 0 saturated carbocycles. The van der Waals surface area contributed by atoms with Gasteiger partial charge in [0.15, 0.2) is 0 Å². The number of benzene rings is 1. The van der Waals surface area contributed by atoms with Gasteiger partial charge in [-0.25, -0.2) is 4.98 Å². The van der Waals surface area contributed by atoms with Gasteiger partial charge >= 0.3 is 0 Å². The predicted molar refractivity (Wildman–Crippen MR) is 78.4 cm³/mol. The highest BCUT2D eigenvalue weighted by Crippen LogP contribution is 2.20. The van der Waals surface area contributed by atoms with Gasteiger partial charge in [-0.15, -0.1) is 0 Å². The number of hydrogen-bond donors (Lipinski definition) is 1. The molecule has 100 valence electrons. The standard InChI is InChI=1S/C16H16N4/c17-10-13-6-7-16(19-11-13)20-9-8-18-15(12-20)14-4-2-1-3-5-14/h1-7,11,15,18H,8-9,12H2. The van der Waals surface area contributed by atoms with E-state index in [1.54, 1.807) is 6.20 Å². The van der Waals surface area contributed by atoms with Gasteiger partial charge in [0, 0.05) is 31.9 Å². The van der Waals surface area contributed by atoms with Gasteiger partial charge in [0.25, 0.3) is 0 Å². The molecule has 1 aromatic carbocycles. The second-order valence-electron chi connectivity index (χ2n) is 4.88. The van der Waals surface area contributed by atoms with E-state index in [9.17, 15) is 0 Å². The third kappa shape index (κ3) is 2.63. The van der Waals surface area contributed by atoms with E-state index in [2.05, 4.69) is 45.5 Å². The molecule has 3 rings (SSSR count). The molecule has 2 aromatic rings. The first-order valence-corrected chi connectivity index (χ1v) is 6.76. The van der Waals surface area contributed by atoms with Crippen LogP contribution in [0.2, 0.25) is 0 Å². The fourth-order valence-corrected chi connectivity index (χ4v) is 2.51. The first-order chi connectivity index (χ1) is 9.86. The lowest BCUT2D eigenvalue weighted by atomic mass is 10.0. The van der Waals surface area contributed by atoms with Crippen LogP contribution in [0.15, 0.2) is 48.7 Å². The van der Waals surface area contributed by atoms with Gasteiger partial charge in [-0.1, -0.05) is 30.3 Å². The van der Waals surface area contributed by atoms with Crippen LogP contribution in [0.1, 0.15) is 17.2 Å². The van der Waals surface area contributed by atoms with E-state index in [0.29, 0.717) is 11.6 Å². The quantitative estimate of drug-likeness (QED) is 0.902. The number of nitrogens with zero attached hydrogens (tertiary/aromatic N) is 3. The molecule has 0 bridgehead atoms. The molecule has 2 heterocycles. The van der Waals surface area contributed by atoms with E-state index >= 15 is 0 Å². The van der Waals surface area contributed by atoms with Crippen molar-refractivity contribution in [3.63, 3.8) is 0 Å². The fourth-order valence-electron chi connectivity index (χ4n) is 2.51. The van der Waals surface area contributed by atoms with Crippen molar-refractivity contribution in [2.75, 3.05) is 24.5 Å². The molecule has 1 saturated heterocycles. The number of nitrogens with one attached hydrogen (secondary N) is 1. The van der Waals surface area contributed by atoms with Crippen molar-refractivity contribution in [2.45, 2.75) is 6.04 Å². The predicted octanol–water partition coefficient (Wildman–Crippen LogP) is 2.10. The van der Waals surface area contributed by atoms with Gasteiger partial charge in [0.1, 0.15) is 11.9 Å². The van der Waals surface area contributed by atoms with Crippen LogP contribution in [0.25, 0.3) is 0 Å². The van der Waals surface area contributed by atoms with E-state index in [1.165, 1.54) is 5.56 Å². The third-order valence-corrected chi connectivity index (χ3v) is 3.58. The summed E-state index contributed by atoms with van der Waals surface area (Å²) in [5.74, 6) is 0.937. The number of pyridine rings is 1. The maximum atomic E-state index is 8.82. The number of aromatic nitrogens is 1. The Morgan fingerprint density at radius 1 is 1.20 bits per heavy atom. The number of piperazine rings is 1. The highest BCUT2D eigenvalue weighted by Gasteiger charge is 2.21. The molecular formula is C16H16N4. The molecule has 0 spiro atoms. The molecule has 1 fully saturated rings. The molecule has 1 N–H and O–H groups in total. The molecule has 1 unspecified atom stereocenters. The van der Waals surface area contributed by atoms with E-state index in [1.807, 2.05) is 18.2 Å². The Morgan fingerprint density at radius 3 is 2.75 bits per heavy atom. The molecule has 1 atom stereocenters. The van der Waals surface area contributed by atoms with Crippen LogP contribution in [-0.2, 0) is 0 Å². The Labute approximate surface area is 118 Å². The largest absolute Gasteiger partial charge is 0.353 e. The van der Waals surface area contributed by atoms with E-state index in [0.717, 1.165) is 25.5 Å². The Balaban J connectivity index is 1.76. The van der Waals surface area contributed by atoms with Crippen molar-refractivity contribution in [3.05, 3.63) is 59.8 Å². The molecular weight excluding hydrogens is 248 g/mol. The summed E-state index contributed by atoms with van der Waals surface area (Å²) in [4.78, 5) is 6.64. The second kappa shape index (κ2) is 5.72. The van der Waals surface area contributed by atoms with Crippen molar-refractivity contribution in [1.82, 2.24) is 10.3 Å².